The zero-order valence-electron chi connectivity index (χ0n) is 13.8. The Morgan fingerprint density at radius 1 is 1.36 bits per heavy atom. The number of hydrogen-bond donors (Lipinski definition) is 1. The molecule has 1 unspecified atom stereocenters. The summed E-state index contributed by atoms with van der Waals surface area (Å²) in [7, 11) is 3.52. The number of amides is 1. The molecule has 1 aromatic heterocycles. The number of para-hydroxylation sites is 1. The molecular formula is C17H23N3O2. The maximum atomic E-state index is 12.4. The molecule has 0 aliphatic rings. The third-order valence-electron chi connectivity index (χ3n) is 4.04. The molecule has 1 heterocycles. The van der Waals surface area contributed by atoms with Gasteiger partial charge >= 0.3 is 0 Å². The zero-order valence-corrected chi connectivity index (χ0v) is 13.8. The first-order chi connectivity index (χ1) is 10.5. The summed E-state index contributed by atoms with van der Waals surface area (Å²) in [6, 6.07) is 7.68. The SMILES string of the molecule is COc1ccccc1CNC(=O)C(C)c1c(C)nn(C)c1C. The van der Waals surface area contributed by atoms with Gasteiger partial charge < -0.3 is 10.1 Å². The number of methoxy groups -OCH3 is 1. The second-order valence-corrected chi connectivity index (χ2v) is 5.46. The van der Waals surface area contributed by atoms with Crippen molar-refractivity contribution < 1.29 is 9.53 Å². The average molecular weight is 301 g/mol. The Hall–Kier alpha value is -2.30. The molecule has 1 N–H and O–H groups in total. The summed E-state index contributed by atoms with van der Waals surface area (Å²) in [6.07, 6.45) is 0. The van der Waals surface area contributed by atoms with Gasteiger partial charge in [0.1, 0.15) is 5.75 Å². The first-order valence-corrected chi connectivity index (χ1v) is 7.35. The Kier molecular flexibility index (Phi) is 4.85. The molecule has 0 radical (unpaired) electrons. The van der Waals surface area contributed by atoms with Gasteiger partial charge in [-0.3, -0.25) is 9.48 Å². The largest absolute Gasteiger partial charge is 0.496 e. The van der Waals surface area contributed by atoms with Crippen molar-refractivity contribution in [2.24, 2.45) is 7.05 Å². The van der Waals surface area contributed by atoms with Crippen molar-refractivity contribution in [1.82, 2.24) is 15.1 Å². The molecule has 0 aliphatic carbocycles. The van der Waals surface area contributed by atoms with Crippen molar-refractivity contribution >= 4 is 5.91 Å². The molecule has 0 saturated heterocycles. The van der Waals surface area contributed by atoms with Gasteiger partial charge in [-0.1, -0.05) is 18.2 Å². The first-order valence-electron chi connectivity index (χ1n) is 7.35. The molecule has 0 fully saturated rings. The molecule has 1 amide bonds. The van der Waals surface area contributed by atoms with Crippen LogP contribution in [0.3, 0.4) is 0 Å². The van der Waals surface area contributed by atoms with Crippen LogP contribution in [0.15, 0.2) is 24.3 Å². The summed E-state index contributed by atoms with van der Waals surface area (Å²) >= 11 is 0. The second-order valence-electron chi connectivity index (χ2n) is 5.46. The molecular weight excluding hydrogens is 278 g/mol. The summed E-state index contributed by atoms with van der Waals surface area (Å²) in [4.78, 5) is 12.4. The standard InChI is InChI=1S/C17H23N3O2/c1-11(16-12(2)19-20(4)13(16)3)17(21)18-10-14-8-6-7-9-15(14)22-5/h6-9,11H,10H2,1-5H3,(H,18,21). The van der Waals surface area contributed by atoms with Crippen molar-refractivity contribution in [3.8, 4) is 5.75 Å². The lowest BCUT2D eigenvalue weighted by Crippen LogP contribution is -2.28. The van der Waals surface area contributed by atoms with E-state index in [1.54, 1.807) is 7.11 Å². The number of ether oxygens (including phenoxy) is 1. The summed E-state index contributed by atoms with van der Waals surface area (Å²) in [5.41, 5.74) is 3.89. The molecule has 0 saturated carbocycles. The number of rotatable bonds is 5. The lowest BCUT2D eigenvalue weighted by molar-refractivity contribution is -0.122. The highest BCUT2D eigenvalue weighted by atomic mass is 16.5. The van der Waals surface area contributed by atoms with E-state index in [2.05, 4.69) is 10.4 Å². The Morgan fingerprint density at radius 3 is 2.64 bits per heavy atom. The van der Waals surface area contributed by atoms with Gasteiger partial charge in [-0.05, 0) is 26.8 Å². The van der Waals surface area contributed by atoms with Crippen molar-refractivity contribution in [2.75, 3.05) is 7.11 Å². The molecule has 22 heavy (non-hydrogen) atoms. The molecule has 5 nitrogen and oxygen atoms in total. The monoisotopic (exact) mass is 301 g/mol. The van der Waals surface area contributed by atoms with Gasteiger partial charge in [-0.2, -0.15) is 5.10 Å². The first kappa shape index (κ1) is 16.1. The Bertz CT molecular complexity index is 677. The Labute approximate surface area is 131 Å². The second kappa shape index (κ2) is 6.64. The number of nitrogens with zero attached hydrogens (tertiary/aromatic N) is 2. The van der Waals surface area contributed by atoms with Crippen molar-refractivity contribution in [3.63, 3.8) is 0 Å². The fraction of sp³-hybridized carbons (Fsp3) is 0.412. The molecule has 1 aromatic carbocycles. The highest BCUT2D eigenvalue weighted by Crippen LogP contribution is 2.23. The molecule has 0 aliphatic heterocycles. The lowest BCUT2D eigenvalue weighted by Gasteiger charge is -2.14. The van der Waals surface area contributed by atoms with E-state index in [0.717, 1.165) is 28.3 Å². The fourth-order valence-corrected chi connectivity index (χ4v) is 2.73. The predicted molar refractivity (Wildman–Crippen MR) is 85.9 cm³/mol. The van der Waals surface area contributed by atoms with E-state index in [9.17, 15) is 4.79 Å². The number of carbonyl (C=O) groups excluding carboxylic acids is 1. The molecule has 2 rings (SSSR count). The molecule has 2 aromatic rings. The highest BCUT2D eigenvalue weighted by Gasteiger charge is 2.22. The molecule has 0 bridgehead atoms. The van der Waals surface area contributed by atoms with Gasteiger partial charge in [0.05, 0.1) is 18.7 Å². The van der Waals surface area contributed by atoms with Crippen LogP contribution in [-0.2, 0) is 18.4 Å². The van der Waals surface area contributed by atoms with Crippen LogP contribution >= 0.6 is 0 Å². The van der Waals surface area contributed by atoms with E-state index < -0.39 is 0 Å². The smallest absolute Gasteiger partial charge is 0.227 e. The average Bonchev–Trinajstić information content (AvgIpc) is 2.77. The van der Waals surface area contributed by atoms with Crippen LogP contribution in [0.5, 0.6) is 5.75 Å². The van der Waals surface area contributed by atoms with Crippen molar-refractivity contribution in [3.05, 3.63) is 46.8 Å². The van der Waals surface area contributed by atoms with Crippen LogP contribution in [0, 0.1) is 13.8 Å². The predicted octanol–water partition coefficient (Wildman–Crippen LogP) is 2.47. The van der Waals surface area contributed by atoms with E-state index in [-0.39, 0.29) is 11.8 Å². The zero-order chi connectivity index (χ0) is 16.3. The quantitative estimate of drug-likeness (QED) is 0.923. The summed E-state index contributed by atoms with van der Waals surface area (Å²) in [6.45, 7) is 6.28. The summed E-state index contributed by atoms with van der Waals surface area (Å²) in [5, 5.41) is 7.36. The lowest BCUT2D eigenvalue weighted by atomic mass is 9.98. The molecule has 1 atom stereocenters. The molecule has 0 spiro atoms. The van der Waals surface area contributed by atoms with Gasteiger partial charge in [-0.15, -0.1) is 0 Å². The summed E-state index contributed by atoms with van der Waals surface area (Å²) < 4.78 is 7.11. The van der Waals surface area contributed by atoms with Gasteiger partial charge in [0.15, 0.2) is 0 Å². The molecule has 5 heteroatoms. The normalized spacial score (nSPS) is 12.0. The van der Waals surface area contributed by atoms with Gasteiger partial charge in [0.25, 0.3) is 0 Å². The fourth-order valence-electron chi connectivity index (χ4n) is 2.73. The van der Waals surface area contributed by atoms with Crippen LogP contribution in [0.1, 0.15) is 35.4 Å². The van der Waals surface area contributed by atoms with Crippen LogP contribution in [0.25, 0.3) is 0 Å². The topological polar surface area (TPSA) is 56.1 Å². The van der Waals surface area contributed by atoms with Crippen LogP contribution in [-0.4, -0.2) is 22.8 Å². The van der Waals surface area contributed by atoms with E-state index in [1.165, 1.54) is 0 Å². The van der Waals surface area contributed by atoms with E-state index in [1.807, 2.05) is 56.8 Å². The maximum absolute atomic E-state index is 12.4. The van der Waals surface area contributed by atoms with Crippen molar-refractivity contribution in [2.45, 2.75) is 33.2 Å². The van der Waals surface area contributed by atoms with Gasteiger partial charge in [0.2, 0.25) is 5.91 Å². The van der Waals surface area contributed by atoms with Crippen LogP contribution < -0.4 is 10.1 Å². The number of hydrogen-bond acceptors (Lipinski definition) is 3. The minimum absolute atomic E-state index is 0.00916. The summed E-state index contributed by atoms with van der Waals surface area (Å²) in [5.74, 6) is 0.540. The van der Waals surface area contributed by atoms with E-state index >= 15 is 0 Å². The third kappa shape index (κ3) is 3.13. The Morgan fingerprint density at radius 2 is 2.05 bits per heavy atom. The highest BCUT2D eigenvalue weighted by molar-refractivity contribution is 5.83. The van der Waals surface area contributed by atoms with Gasteiger partial charge in [0, 0.05) is 30.4 Å². The van der Waals surface area contributed by atoms with Crippen molar-refractivity contribution in [1.29, 1.82) is 0 Å². The number of nitrogens with one attached hydrogen (secondary N) is 1. The minimum Gasteiger partial charge on any atom is -0.496 e. The number of benzene rings is 1. The number of aromatic nitrogens is 2. The van der Waals surface area contributed by atoms with Gasteiger partial charge in [-0.25, -0.2) is 0 Å². The van der Waals surface area contributed by atoms with E-state index in [0.29, 0.717) is 6.54 Å². The minimum atomic E-state index is -0.233. The maximum Gasteiger partial charge on any atom is 0.227 e. The Balaban J connectivity index is 2.09. The number of aryl methyl sites for hydroxylation is 2. The van der Waals surface area contributed by atoms with E-state index in [4.69, 9.17) is 4.74 Å². The van der Waals surface area contributed by atoms with Crippen LogP contribution in [0.2, 0.25) is 0 Å². The molecule has 118 valence electrons. The number of carbonyl (C=O) groups is 1. The van der Waals surface area contributed by atoms with Crippen LogP contribution in [0.4, 0.5) is 0 Å². The third-order valence-corrected chi connectivity index (χ3v) is 4.04.